The van der Waals surface area contributed by atoms with Gasteiger partial charge in [-0.1, -0.05) is 23.7 Å². The highest BCUT2D eigenvalue weighted by Gasteiger charge is 2.47. The minimum Gasteiger partial charge on any atom is -0.507 e. The Kier molecular flexibility index (Phi) is 7.04. The van der Waals surface area contributed by atoms with Crippen LogP contribution in [0, 0.1) is 12.7 Å². The zero-order valence-corrected chi connectivity index (χ0v) is 21.0. The summed E-state index contributed by atoms with van der Waals surface area (Å²) in [5.41, 5.74) is 1.74. The van der Waals surface area contributed by atoms with Crippen LogP contribution in [0.5, 0.6) is 11.5 Å². The molecule has 3 aromatic carbocycles. The molecule has 0 saturated carbocycles. The average Bonchev–Trinajstić information content (AvgIpc) is 3.12. The molecule has 1 aliphatic heterocycles. The summed E-state index contributed by atoms with van der Waals surface area (Å²) in [5.74, 6) is -1.59. The summed E-state index contributed by atoms with van der Waals surface area (Å²) in [6.45, 7) is 5.64. The minimum atomic E-state index is -1.01. The normalized spacial score (nSPS) is 17.1. The topological polar surface area (TPSA) is 76.1 Å². The lowest BCUT2D eigenvalue weighted by molar-refractivity contribution is -0.132. The number of benzene rings is 3. The number of ether oxygens (including phenoxy) is 2. The van der Waals surface area contributed by atoms with Gasteiger partial charge in [-0.15, -0.1) is 0 Å². The fraction of sp³-hybridized carbons (Fsp3) is 0.214. The van der Waals surface area contributed by atoms with Crippen LogP contribution in [0.25, 0.3) is 5.76 Å². The van der Waals surface area contributed by atoms with Gasteiger partial charge in [0.05, 0.1) is 29.9 Å². The molecule has 0 bridgehead atoms. The van der Waals surface area contributed by atoms with Crippen molar-refractivity contribution in [3.63, 3.8) is 0 Å². The third kappa shape index (κ3) is 4.66. The molecule has 6 nitrogen and oxygen atoms in total. The molecule has 36 heavy (non-hydrogen) atoms. The number of amides is 1. The molecule has 1 N–H and O–H groups in total. The van der Waals surface area contributed by atoms with Crippen molar-refractivity contribution in [3.05, 3.63) is 93.8 Å². The van der Waals surface area contributed by atoms with Crippen LogP contribution in [-0.2, 0) is 9.59 Å². The van der Waals surface area contributed by atoms with Crippen LogP contribution >= 0.6 is 11.6 Å². The lowest BCUT2D eigenvalue weighted by Gasteiger charge is -2.26. The van der Waals surface area contributed by atoms with E-state index in [1.807, 2.05) is 20.8 Å². The van der Waals surface area contributed by atoms with Crippen LogP contribution in [0.15, 0.2) is 66.2 Å². The second-order valence-electron chi connectivity index (χ2n) is 8.69. The van der Waals surface area contributed by atoms with Crippen LogP contribution in [0.1, 0.15) is 36.6 Å². The van der Waals surface area contributed by atoms with E-state index in [4.69, 9.17) is 21.1 Å². The summed E-state index contributed by atoms with van der Waals surface area (Å²) in [5, 5.41) is 11.2. The Labute approximate surface area is 213 Å². The quantitative estimate of drug-likeness (QED) is 0.243. The van der Waals surface area contributed by atoms with Crippen LogP contribution in [-0.4, -0.2) is 30.0 Å². The van der Waals surface area contributed by atoms with Gasteiger partial charge in [0.1, 0.15) is 23.1 Å². The first-order chi connectivity index (χ1) is 17.1. The number of rotatable bonds is 6. The number of methoxy groups -OCH3 is 1. The largest absolute Gasteiger partial charge is 0.507 e. The first kappa shape index (κ1) is 25.3. The van der Waals surface area contributed by atoms with Gasteiger partial charge in [0.25, 0.3) is 11.7 Å². The molecule has 186 valence electrons. The number of hydrogen-bond donors (Lipinski definition) is 1. The van der Waals surface area contributed by atoms with Crippen molar-refractivity contribution < 1.29 is 28.6 Å². The molecule has 1 saturated heterocycles. The van der Waals surface area contributed by atoms with Crippen molar-refractivity contribution in [2.45, 2.75) is 32.9 Å². The van der Waals surface area contributed by atoms with Gasteiger partial charge in [0.15, 0.2) is 0 Å². The standard InChI is InChI=1S/C28H25ClFNO5/c1-15(2)36-23-11-8-18(12-16(23)3)26(32)24-25(17-6-5-7-20(13-17)35-4)31(28(34)27(24)33)19-9-10-22(30)21(29)14-19/h5-15,25,32H,1-4H3/b26-24+. The predicted octanol–water partition coefficient (Wildman–Crippen LogP) is 6.21. The number of hydrogen-bond acceptors (Lipinski definition) is 5. The number of carbonyl (C=O) groups excluding carboxylic acids is 2. The van der Waals surface area contributed by atoms with Gasteiger partial charge in [-0.25, -0.2) is 4.39 Å². The van der Waals surface area contributed by atoms with E-state index in [1.165, 1.54) is 24.1 Å². The molecule has 1 fully saturated rings. The fourth-order valence-corrected chi connectivity index (χ4v) is 4.37. The minimum absolute atomic E-state index is 0.0379. The number of ketones is 1. The summed E-state index contributed by atoms with van der Waals surface area (Å²) >= 11 is 5.99. The first-order valence-corrected chi connectivity index (χ1v) is 11.7. The van der Waals surface area contributed by atoms with Crippen molar-refractivity contribution in [2.24, 2.45) is 0 Å². The number of aryl methyl sites for hydroxylation is 1. The number of carbonyl (C=O) groups is 2. The van der Waals surface area contributed by atoms with Gasteiger partial charge in [0, 0.05) is 11.3 Å². The van der Waals surface area contributed by atoms with Gasteiger partial charge in [-0.3, -0.25) is 14.5 Å². The highest BCUT2D eigenvalue weighted by molar-refractivity contribution is 6.51. The maximum Gasteiger partial charge on any atom is 0.300 e. The third-order valence-electron chi connectivity index (χ3n) is 5.85. The van der Waals surface area contributed by atoms with E-state index in [-0.39, 0.29) is 28.1 Å². The maximum absolute atomic E-state index is 13.9. The maximum atomic E-state index is 13.9. The highest BCUT2D eigenvalue weighted by Crippen LogP contribution is 2.43. The Bertz CT molecular complexity index is 1380. The van der Waals surface area contributed by atoms with Gasteiger partial charge in [-0.2, -0.15) is 0 Å². The van der Waals surface area contributed by atoms with Crippen LogP contribution in [0.2, 0.25) is 5.02 Å². The van der Waals surface area contributed by atoms with Crippen molar-refractivity contribution in [2.75, 3.05) is 12.0 Å². The number of anilines is 1. The van der Waals surface area contributed by atoms with Crippen LogP contribution in [0.3, 0.4) is 0 Å². The van der Waals surface area contributed by atoms with E-state index in [1.54, 1.807) is 42.5 Å². The summed E-state index contributed by atoms with van der Waals surface area (Å²) < 4.78 is 25.0. The molecule has 0 aliphatic carbocycles. The average molecular weight is 510 g/mol. The Balaban J connectivity index is 1.92. The monoisotopic (exact) mass is 509 g/mol. The highest BCUT2D eigenvalue weighted by atomic mass is 35.5. The molecule has 0 radical (unpaired) electrons. The SMILES string of the molecule is COc1cccc(C2/C(=C(\O)c3ccc(OC(C)C)c(C)c3)C(=O)C(=O)N2c2ccc(F)c(Cl)c2)c1. The van der Waals surface area contributed by atoms with E-state index < -0.39 is 23.5 Å². The Morgan fingerprint density at radius 1 is 1.08 bits per heavy atom. The zero-order chi connectivity index (χ0) is 26.1. The Morgan fingerprint density at radius 2 is 1.83 bits per heavy atom. The fourth-order valence-electron chi connectivity index (χ4n) is 4.20. The summed E-state index contributed by atoms with van der Waals surface area (Å²) in [6, 6.07) is 14.6. The van der Waals surface area contributed by atoms with Crippen molar-refractivity contribution in [1.82, 2.24) is 0 Å². The molecule has 4 rings (SSSR count). The number of aliphatic hydroxyl groups is 1. The number of Topliss-reactive ketones (excluding diaryl/α,β-unsaturated/α-hetero) is 1. The van der Waals surface area contributed by atoms with E-state index in [0.29, 0.717) is 22.6 Å². The molecule has 0 spiro atoms. The molecule has 1 amide bonds. The molecular weight excluding hydrogens is 485 g/mol. The second-order valence-corrected chi connectivity index (χ2v) is 9.10. The zero-order valence-electron chi connectivity index (χ0n) is 20.2. The molecule has 1 aliphatic rings. The molecular formula is C28H25ClFNO5. The van der Waals surface area contributed by atoms with Gasteiger partial charge < -0.3 is 14.6 Å². The van der Waals surface area contributed by atoms with E-state index in [0.717, 1.165) is 11.6 Å². The lowest BCUT2D eigenvalue weighted by atomic mass is 9.94. The summed E-state index contributed by atoms with van der Waals surface area (Å²) in [7, 11) is 1.50. The molecule has 1 unspecified atom stereocenters. The van der Waals surface area contributed by atoms with Gasteiger partial charge in [-0.05, 0) is 80.4 Å². The number of nitrogens with zero attached hydrogens (tertiary/aromatic N) is 1. The van der Waals surface area contributed by atoms with Crippen LogP contribution in [0.4, 0.5) is 10.1 Å². The number of halogens is 2. The molecule has 1 heterocycles. The molecule has 1 atom stereocenters. The van der Waals surface area contributed by atoms with E-state index >= 15 is 0 Å². The summed E-state index contributed by atoms with van der Waals surface area (Å²) in [6.07, 6.45) is -0.0379. The van der Waals surface area contributed by atoms with E-state index in [2.05, 4.69) is 0 Å². The van der Waals surface area contributed by atoms with Crippen molar-refractivity contribution in [1.29, 1.82) is 0 Å². The van der Waals surface area contributed by atoms with Crippen molar-refractivity contribution >= 4 is 34.7 Å². The number of aliphatic hydroxyl groups excluding tert-OH is 1. The van der Waals surface area contributed by atoms with Crippen molar-refractivity contribution in [3.8, 4) is 11.5 Å². The first-order valence-electron chi connectivity index (χ1n) is 11.3. The van der Waals surface area contributed by atoms with E-state index in [9.17, 15) is 19.1 Å². The Morgan fingerprint density at radius 3 is 2.47 bits per heavy atom. The second kappa shape index (κ2) is 10.0. The predicted molar refractivity (Wildman–Crippen MR) is 136 cm³/mol. The third-order valence-corrected chi connectivity index (χ3v) is 6.14. The van der Waals surface area contributed by atoms with Gasteiger partial charge in [0.2, 0.25) is 0 Å². The molecule has 8 heteroatoms. The van der Waals surface area contributed by atoms with Gasteiger partial charge >= 0.3 is 0 Å². The smallest absolute Gasteiger partial charge is 0.300 e. The lowest BCUT2D eigenvalue weighted by Crippen LogP contribution is -2.29. The summed E-state index contributed by atoms with van der Waals surface area (Å²) in [4.78, 5) is 27.8. The molecule has 3 aromatic rings. The van der Waals surface area contributed by atoms with Crippen LogP contribution < -0.4 is 14.4 Å². The molecule has 0 aromatic heterocycles. The Hall–Kier alpha value is -3.84.